The zero-order valence-corrected chi connectivity index (χ0v) is 16.1. The van der Waals surface area contributed by atoms with Crippen LogP contribution in [0.1, 0.15) is 38.8 Å². The lowest BCUT2D eigenvalue weighted by molar-refractivity contribution is -0.152. The third-order valence-electron chi connectivity index (χ3n) is 5.74. The molecule has 2 aliphatic rings. The quantitative estimate of drug-likeness (QED) is 0.356. The van der Waals surface area contributed by atoms with Crippen molar-refractivity contribution in [2.45, 2.75) is 69.4 Å². The Morgan fingerprint density at radius 2 is 2.07 bits per heavy atom. The van der Waals surface area contributed by atoms with Gasteiger partial charge in [0.25, 0.3) is 0 Å². The lowest BCUT2D eigenvalue weighted by Gasteiger charge is -2.28. The van der Waals surface area contributed by atoms with Gasteiger partial charge in [0.2, 0.25) is 6.41 Å². The Labute approximate surface area is 167 Å². The molecule has 1 unspecified atom stereocenters. The van der Waals surface area contributed by atoms with Crippen LogP contribution in [0.5, 0.6) is 0 Å². The van der Waals surface area contributed by atoms with Gasteiger partial charge in [-0.15, -0.1) is 0 Å². The van der Waals surface area contributed by atoms with Crippen molar-refractivity contribution < 1.29 is 24.9 Å². The number of rotatable bonds is 7. The third kappa shape index (κ3) is 3.54. The van der Waals surface area contributed by atoms with E-state index in [1.807, 2.05) is 0 Å². The van der Waals surface area contributed by atoms with E-state index >= 15 is 0 Å². The smallest absolute Gasteiger partial charge is 0.211 e. The lowest BCUT2D eigenvalue weighted by atomic mass is 10.1. The van der Waals surface area contributed by atoms with Gasteiger partial charge in [-0.05, 0) is 19.8 Å². The molecular weight excluding hydrogens is 380 g/mol. The van der Waals surface area contributed by atoms with E-state index in [1.165, 1.54) is 30.1 Å². The molecule has 0 radical (unpaired) electrons. The number of fused-ring (bicyclic) bond motifs is 1. The normalized spacial score (nSPS) is 28.7. The first kappa shape index (κ1) is 20.0. The van der Waals surface area contributed by atoms with Gasteiger partial charge in [-0.3, -0.25) is 9.36 Å². The van der Waals surface area contributed by atoms with E-state index in [0.717, 1.165) is 17.7 Å². The number of anilines is 1. The number of aromatic nitrogens is 4. The molecule has 2 fully saturated rings. The van der Waals surface area contributed by atoms with E-state index in [0.29, 0.717) is 29.4 Å². The molecule has 4 N–H and O–H groups in total. The number of carbonyl (C=O) groups is 1. The number of likely N-dealkylation sites (N-methyl/N-ethyl adjacent to an activating group) is 1. The number of nitrogens with zero attached hydrogens (tertiary/aromatic N) is 5. The number of amides is 1. The van der Waals surface area contributed by atoms with Crippen LogP contribution in [0.15, 0.2) is 12.7 Å². The standard InChI is InChI=1S/C18H26N6O5/c1-2-23(9-25)17(28)14-12(26)13(27)18(29-14)24-8-21-11-15(19-7-20-16(11)24)22-10-5-3-4-6-10/h7-10,12-14,17-18,26-28H,2-6H2,1H3,(H,19,20,22)/t12-,13+,14-,17?,18+/m0/s1. The zero-order valence-electron chi connectivity index (χ0n) is 16.1. The monoisotopic (exact) mass is 406 g/mol. The van der Waals surface area contributed by atoms with Gasteiger partial charge in [0.15, 0.2) is 29.4 Å². The van der Waals surface area contributed by atoms with Crippen molar-refractivity contribution in [3.8, 4) is 0 Å². The van der Waals surface area contributed by atoms with Crippen molar-refractivity contribution in [1.82, 2.24) is 24.4 Å². The van der Waals surface area contributed by atoms with Crippen molar-refractivity contribution in [3.05, 3.63) is 12.7 Å². The Hall–Kier alpha value is -2.34. The highest BCUT2D eigenvalue weighted by molar-refractivity contribution is 5.82. The molecule has 4 rings (SSSR count). The minimum atomic E-state index is -1.39. The highest BCUT2D eigenvalue weighted by Gasteiger charge is 2.48. The highest BCUT2D eigenvalue weighted by Crippen LogP contribution is 2.34. The second-order valence-corrected chi connectivity index (χ2v) is 7.49. The molecule has 158 valence electrons. The molecule has 5 atom stereocenters. The first-order valence-electron chi connectivity index (χ1n) is 9.90. The van der Waals surface area contributed by atoms with Gasteiger partial charge >= 0.3 is 0 Å². The molecule has 1 aliphatic carbocycles. The molecule has 3 heterocycles. The van der Waals surface area contributed by atoms with Crippen LogP contribution >= 0.6 is 0 Å². The minimum absolute atomic E-state index is 0.232. The summed E-state index contributed by atoms with van der Waals surface area (Å²) in [5.41, 5.74) is 0.978. The third-order valence-corrected chi connectivity index (χ3v) is 5.74. The summed E-state index contributed by atoms with van der Waals surface area (Å²) >= 11 is 0. The second kappa shape index (κ2) is 8.19. The van der Waals surface area contributed by atoms with E-state index in [4.69, 9.17) is 4.74 Å². The number of hydrogen-bond donors (Lipinski definition) is 4. The Kier molecular flexibility index (Phi) is 5.63. The van der Waals surface area contributed by atoms with Crippen LogP contribution in [-0.4, -0.2) is 83.3 Å². The summed E-state index contributed by atoms with van der Waals surface area (Å²) in [5.74, 6) is 0.614. The summed E-state index contributed by atoms with van der Waals surface area (Å²) in [6, 6.07) is 0.344. The lowest BCUT2D eigenvalue weighted by Crippen LogP contribution is -2.48. The van der Waals surface area contributed by atoms with Gasteiger partial charge in [0, 0.05) is 12.6 Å². The molecule has 1 aliphatic heterocycles. The summed E-state index contributed by atoms with van der Waals surface area (Å²) < 4.78 is 7.26. The predicted molar refractivity (Wildman–Crippen MR) is 102 cm³/mol. The number of ether oxygens (including phenoxy) is 1. The Bertz CT molecular complexity index is 856. The molecule has 11 heteroatoms. The van der Waals surface area contributed by atoms with E-state index in [9.17, 15) is 20.1 Å². The van der Waals surface area contributed by atoms with Crippen molar-refractivity contribution in [3.63, 3.8) is 0 Å². The predicted octanol–water partition coefficient (Wildman–Crippen LogP) is -0.403. The van der Waals surface area contributed by atoms with Gasteiger partial charge < -0.3 is 30.3 Å². The summed E-state index contributed by atoms with van der Waals surface area (Å²) in [6.07, 6.45) is 1.55. The SMILES string of the molecule is CCN(C=O)C(O)[C@H]1O[C@@H](n2cnc3c(NC4CCCC4)ncnc32)[C@H](O)[C@@H]1O. The second-order valence-electron chi connectivity index (χ2n) is 7.49. The largest absolute Gasteiger partial charge is 0.387 e. The average molecular weight is 406 g/mol. The summed E-state index contributed by atoms with van der Waals surface area (Å²) in [5, 5.41) is 34.7. The van der Waals surface area contributed by atoms with Gasteiger partial charge in [0.05, 0.1) is 6.33 Å². The molecule has 1 saturated carbocycles. The van der Waals surface area contributed by atoms with Crippen molar-refractivity contribution >= 4 is 23.4 Å². The number of aliphatic hydroxyl groups is 3. The van der Waals surface area contributed by atoms with Crippen LogP contribution in [-0.2, 0) is 9.53 Å². The molecular formula is C18H26N6O5. The van der Waals surface area contributed by atoms with Crippen LogP contribution in [0.3, 0.4) is 0 Å². The topological polar surface area (TPSA) is 146 Å². The maximum Gasteiger partial charge on any atom is 0.211 e. The molecule has 2 aromatic heterocycles. The fraction of sp³-hybridized carbons (Fsp3) is 0.667. The highest BCUT2D eigenvalue weighted by atomic mass is 16.6. The van der Waals surface area contributed by atoms with Crippen LogP contribution in [0.4, 0.5) is 5.82 Å². The molecule has 1 saturated heterocycles. The number of nitrogens with one attached hydrogen (secondary N) is 1. The fourth-order valence-corrected chi connectivity index (χ4v) is 4.08. The van der Waals surface area contributed by atoms with Crippen LogP contribution in [0, 0.1) is 0 Å². The number of imidazole rings is 1. The molecule has 0 bridgehead atoms. The van der Waals surface area contributed by atoms with Crippen LogP contribution in [0.2, 0.25) is 0 Å². The Morgan fingerprint density at radius 1 is 1.31 bits per heavy atom. The van der Waals surface area contributed by atoms with E-state index in [-0.39, 0.29) is 6.54 Å². The molecule has 1 amide bonds. The van der Waals surface area contributed by atoms with Gasteiger partial charge in [0.1, 0.15) is 24.6 Å². The number of hydrogen-bond acceptors (Lipinski definition) is 9. The molecule has 2 aromatic rings. The van der Waals surface area contributed by atoms with Crippen LogP contribution in [0.25, 0.3) is 11.2 Å². The number of aliphatic hydroxyl groups excluding tert-OH is 3. The first-order valence-corrected chi connectivity index (χ1v) is 9.90. The summed E-state index contributed by atoms with van der Waals surface area (Å²) in [4.78, 5) is 25.1. The van der Waals surface area contributed by atoms with Gasteiger partial charge in [-0.1, -0.05) is 12.8 Å². The van der Waals surface area contributed by atoms with E-state index in [2.05, 4.69) is 20.3 Å². The maximum atomic E-state index is 11.1. The van der Waals surface area contributed by atoms with E-state index in [1.54, 1.807) is 6.92 Å². The van der Waals surface area contributed by atoms with Crippen molar-refractivity contribution in [2.24, 2.45) is 0 Å². The number of carbonyl (C=O) groups excluding carboxylic acids is 1. The maximum absolute atomic E-state index is 11.1. The Balaban J connectivity index is 1.60. The first-order chi connectivity index (χ1) is 14.0. The van der Waals surface area contributed by atoms with Gasteiger partial charge in [-0.2, -0.15) is 0 Å². The minimum Gasteiger partial charge on any atom is -0.387 e. The molecule has 11 nitrogen and oxygen atoms in total. The van der Waals surface area contributed by atoms with Crippen molar-refractivity contribution in [2.75, 3.05) is 11.9 Å². The van der Waals surface area contributed by atoms with Crippen molar-refractivity contribution in [1.29, 1.82) is 0 Å². The van der Waals surface area contributed by atoms with Crippen LogP contribution < -0.4 is 5.32 Å². The molecule has 0 aromatic carbocycles. The van der Waals surface area contributed by atoms with E-state index < -0.39 is 30.8 Å². The average Bonchev–Trinajstić information content (AvgIpc) is 3.44. The summed E-state index contributed by atoms with van der Waals surface area (Å²) in [7, 11) is 0. The Morgan fingerprint density at radius 3 is 2.76 bits per heavy atom. The fourth-order valence-electron chi connectivity index (χ4n) is 4.08. The molecule has 29 heavy (non-hydrogen) atoms. The zero-order chi connectivity index (χ0) is 20.5. The van der Waals surface area contributed by atoms with Gasteiger partial charge in [-0.25, -0.2) is 15.0 Å². The summed E-state index contributed by atoms with van der Waals surface area (Å²) in [6.45, 7) is 1.92. The molecule has 0 spiro atoms.